The molecular weight excluding hydrogens is 242 g/mol. The van der Waals surface area contributed by atoms with E-state index >= 15 is 0 Å². The Morgan fingerprint density at radius 2 is 2.05 bits per heavy atom. The molecule has 0 amide bonds. The Balaban J connectivity index is 1.88. The molecule has 0 bridgehead atoms. The predicted molar refractivity (Wildman–Crippen MR) is 72.4 cm³/mol. The van der Waals surface area contributed by atoms with Gasteiger partial charge in [0.15, 0.2) is 0 Å². The minimum Gasteiger partial charge on any atom is -0.478 e. The van der Waals surface area contributed by atoms with E-state index in [0.29, 0.717) is 5.56 Å². The number of hydrogen-bond donors (Lipinski definition) is 1. The number of para-hydroxylation sites is 1. The third-order valence-corrected chi connectivity index (χ3v) is 3.72. The van der Waals surface area contributed by atoms with Gasteiger partial charge in [0.05, 0.1) is 22.9 Å². The quantitative estimate of drug-likeness (QED) is 0.910. The van der Waals surface area contributed by atoms with Crippen LogP contribution in [0.4, 0.5) is 0 Å². The van der Waals surface area contributed by atoms with Crippen LogP contribution in [0.2, 0.25) is 0 Å². The summed E-state index contributed by atoms with van der Waals surface area (Å²) in [5, 5.41) is 9.25. The zero-order valence-corrected chi connectivity index (χ0v) is 10.7. The first kappa shape index (κ1) is 12.2. The summed E-state index contributed by atoms with van der Waals surface area (Å²) in [5.41, 5.74) is 1.81. The highest BCUT2D eigenvalue weighted by molar-refractivity contribution is 6.01. The van der Waals surface area contributed by atoms with E-state index in [1.54, 1.807) is 18.5 Å². The van der Waals surface area contributed by atoms with E-state index in [2.05, 4.69) is 9.88 Å². The number of nitrogens with zero attached hydrogens (tertiary/aromatic N) is 3. The van der Waals surface area contributed by atoms with Crippen molar-refractivity contribution in [2.24, 2.45) is 0 Å². The molecular formula is C14H17N3O2. The van der Waals surface area contributed by atoms with Crippen LogP contribution in [0.25, 0.3) is 11.0 Å². The van der Waals surface area contributed by atoms with Crippen LogP contribution in [0, 0.1) is 0 Å². The van der Waals surface area contributed by atoms with Gasteiger partial charge in [-0.1, -0.05) is 6.07 Å². The Bertz CT molecular complexity index is 600. The normalized spacial score (nSPS) is 16.2. The fourth-order valence-corrected chi connectivity index (χ4v) is 2.72. The Morgan fingerprint density at radius 3 is 2.79 bits per heavy atom. The van der Waals surface area contributed by atoms with Crippen molar-refractivity contribution >= 4 is 17.0 Å². The summed E-state index contributed by atoms with van der Waals surface area (Å²) in [4.78, 5) is 18.0. The summed E-state index contributed by atoms with van der Waals surface area (Å²) >= 11 is 0. The first-order valence-electron chi connectivity index (χ1n) is 6.65. The highest BCUT2D eigenvalue weighted by atomic mass is 16.4. The first-order chi connectivity index (χ1) is 9.25. The lowest BCUT2D eigenvalue weighted by molar-refractivity contribution is 0.0698. The van der Waals surface area contributed by atoms with Crippen LogP contribution in [0.1, 0.15) is 23.2 Å². The van der Waals surface area contributed by atoms with Gasteiger partial charge < -0.3 is 14.6 Å². The zero-order chi connectivity index (χ0) is 13.2. The minimum atomic E-state index is -0.895. The van der Waals surface area contributed by atoms with Crippen molar-refractivity contribution in [2.75, 3.05) is 19.6 Å². The molecule has 0 aliphatic carbocycles. The molecule has 1 aromatic carbocycles. The number of rotatable bonds is 4. The van der Waals surface area contributed by atoms with Crippen molar-refractivity contribution < 1.29 is 9.90 Å². The molecule has 1 N–H and O–H groups in total. The fraction of sp³-hybridized carbons (Fsp3) is 0.429. The van der Waals surface area contributed by atoms with E-state index in [1.807, 2.05) is 10.6 Å². The van der Waals surface area contributed by atoms with E-state index in [4.69, 9.17) is 0 Å². The van der Waals surface area contributed by atoms with Crippen LogP contribution in [-0.2, 0) is 6.54 Å². The molecule has 1 aliphatic heterocycles. The monoisotopic (exact) mass is 259 g/mol. The lowest BCUT2D eigenvalue weighted by Gasteiger charge is -2.15. The van der Waals surface area contributed by atoms with Crippen LogP contribution < -0.4 is 0 Å². The van der Waals surface area contributed by atoms with Crippen molar-refractivity contribution in [3.63, 3.8) is 0 Å². The highest BCUT2D eigenvalue weighted by Crippen LogP contribution is 2.18. The molecule has 5 nitrogen and oxygen atoms in total. The molecule has 0 spiro atoms. The molecule has 2 aromatic rings. The van der Waals surface area contributed by atoms with Crippen molar-refractivity contribution in [1.82, 2.24) is 14.5 Å². The van der Waals surface area contributed by atoms with Crippen molar-refractivity contribution in [2.45, 2.75) is 19.4 Å². The molecule has 0 saturated carbocycles. The molecule has 5 heteroatoms. The van der Waals surface area contributed by atoms with Crippen LogP contribution in [0.3, 0.4) is 0 Å². The molecule has 0 unspecified atom stereocenters. The summed E-state index contributed by atoms with van der Waals surface area (Å²) in [7, 11) is 0. The maximum absolute atomic E-state index is 11.3. The SMILES string of the molecule is O=C(O)c1cccc2ncn(CCN3CCCC3)c12. The minimum absolute atomic E-state index is 0.330. The molecule has 1 aliphatic rings. The zero-order valence-electron chi connectivity index (χ0n) is 10.7. The van der Waals surface area contributed by atoms with Gasteiger partial charge in [-0.3, -0.25) is 0 Å². The fourth-order valence-electron chi connectivity index (χ4n) is 2.72. The molecule has 0 radical (unpaired) electrons. The number of aromatic carboxylic acids is 1. The van der Waals surface area contributed by atoms with Crippen molar-refractivity contribution in [3.05, 3.63) is 30.1 Å². The topological polar surface area (TPSA) is 58.4 Å². The smallest absolute Gasteiger partial charge is 0.337 e. The number of benzene rings is 1. The average Bonchev–Trinajstić information content (AvgIpc) is 3.05. The lowest BCUT2D eigenvalue weighted by Crippen LogP contribution is -2.24. The lowest BCUT2D eigenvalue weighted by atomic mass is 10.2. The Labute approximate surface area is 111 Å². The molecule has 2 heterocycles. The van der Waals surface area contributed by atoms with Gasteiger partial charge in [-0.25, -0.2) is 9.78 Å². The number of carboxylic acid groups (broad SMARTS) is 1. The standard InChI is InChI=1S/C14H17N3O2/c18-14(19)11-4-3-5-12-13(11)17(10-15-12)9-8-16-6-1-2-7-16/h3-5,10H,1-2,6-9H2,(H,18,19). The molecule has 3 rings (SSSR count). The largest absolute Gasteiger partial charge is 0.478 e. The average molecular weight is 259 g/mol. The number of aromatic nitrogens is 2. The van der Waals surface area contributed by atoms with Gasteiger partial charge >= 0.3 is 5.97 Å². The number of fused-ring (bicyclic) bond motifs is 1. The van der Waals surface area contributed by atoms with Gasteiger partial charge in [-0.15, -0.1) is 0 Å². The van der Waals surface area contributed by atoms with Gasteiger partial charge in [0.1, 0.15) is 0 Å². The van der Waals surface area contributed by atoms with Crippen LogP contribution in [0.15, 0.2) is 24.5 Å². The van der Waals surface area contributed by atoms with Gasteiger partial charge in [0.25, 0.3) is 0 Å². The third-order valence-electron chi connectivity index (χ3n) is 3.72. The maximum Gasteiger partial charge on any atom is 0.337 e. The van der Waals surface area contributed by atoms with Gasteiger partial charge in [-0.05, 0) is 38.1 Å². The second-order valence-electron chi connectivity index (χ2n) is 4.97. The number of likely N-dealkylation sites (tertiary alicyclic amines) is 1. The summed E-state index contributed by atoms with van der Waals surface area (Å²) in [6, 6.07) is 5.23. The van der Waals surface area contributed by atoms with Gasteiger partial charge in [0, 0.05) is 13.1 Å². The van der Waals surface area contributed by atoms with E-state index < -0.39 is 5.97 Å². The molecule has 1 saturated heterocycles. The van der Waals surface area contributed by atoms with E-state index in [-0.39, 0.29) is 0 Å². The number of carbonyl (C=O) groups is 1. The van der Waals surface area contributed by atoms with E-state index in [1.165, 1.54) is 12.8 Å². The number of hydrogen-bond acceptors (Lipinski definition) is 3. The Kier molecular flexibility index (Phi) is 3.21. The van der Waals surface area contributed by atoms with Gasteiger partial charge in [-0.2, -0.15) is 0 Å². The second-order valence-corrected chi connectivity index (χ2v) is 4.97. The Hall–Kier alpha value is -1.88. The summed E-state index contributed by atoms with van der Waals surface area (Å²) in [6.45, 7) is 4.05. The Morgan fingerprint density at radius 1 is 1.26 bits per heavy atom. The summed E-state index contributed by atoms with van der Waals surface area (Å²) in [6.07, 6.45) is 4.28. The van der Waals surface area contributed by atoms with Gasteiger partial charge in [0.2, 0.25) is 0 Å². The van der Waals surface area contributed by atoms with Crippen molar-refractivity contribution in [1.29, 1.82) is 0 Å². The van der Waals surface area contributed by atoms with E-state index in [9.17, 15) is 9.90 Å². The third kappa shape index (κ3) is 2.33. The second kappa shape index (κ2) is 5.01. The van der Waals surface area contributed by atoms with Crippen LogP contribution >= 0.6 is 0 Å². The molecule has 1 aromatic heterocycles. The molecule has 19 heavy (non-hydrogen) atoms. The maximum atomic E-state index is 11.3. The van der Waals surface area contributed by atoms with Crippen LogP contribution in [0.5, 0.6) is 0 Å². The molecule has 100 valence electrons. The summed E-state index contributed by atoms with van der Waals surface area (Å²) < 4.78 is 1.96. The molecule has 0 atom stereocenters. The van der Waals surface area contributed by atoms with Crippen LogP contribution in [-0.4, -0.2) is 45.2 Å². The molecule has 1 fully saturated rings. The highest BCUT2D eigenvalue weighted by Gasteiger charge is 2.15. The van der Waals surface area contributed by atoms with E-state index in [0.717, 1.165) is 37.2 Å². The summed E-state index contributed by atoms with van der Waals surface area (Å²) in [5.74, 6) is -0.895. The van der Waals surface area contributed by atoms with Crippen molar-refractivity contribution in [3.8, 4) is 0 Å². The first-order valence-corrected chi connectivity index (χ1v) is 6.65. The number of carboxylic acids is 1. The number of imidazole rings is 1. The predicted octanol–water partition coefficient (Wildman–Crippen LogP) is 1.83.